The molecular weight excluding hydrogens is 326 g/mol. The molecule has 3 heteroatoms. The zero-order chi connectivity index (χ0) is 15.2. The van der Waals surface area contributed by atoms with Crippen LogP contribution in [-0.2, 0) is 0 Å². The molecule has 2 nitrogen and oxygen atoms in total. The van der Waals surface area contributed by atoms with E-state index in [4.69, 9.17) is 4.74 Å². The number of methoxy groups -OCH3 is 1. The maximum Gasteiger partial charge on any atom is 0.121 e. The van der Waals surface area contributed by atoms with Gasteiger partial charge in [-0.05, 0) is 54.8 Å². The molecule has 0 aliphatic rings. The highest BCUT2D eigenvalue weighted by Crippen LogP contribution is 2.28. The van der Waals surface area contributed by atoms with E-state index in [1.807, 2.05) is 6.07 Å². The lowest BCUT2D eigenvalue weighted by atomic mass is 9.97. The molecule has 1 N–H and O–H groups in total. The lowest BCUT2D eigenvalue weighted by Crippen LogP contribution is -2.23. The van der Waals surface area contributed by atoms with Gasteiger partial charge in [-0.1, -0.05) is 47.1 Å². The van der Waals surface area contributed by atoms with Gasteiger partial charge in [0.25, 0.3) is 0 Å². The first-order valence-electron chi connectivity index (χ1n) is 7.29. The predicted octanol–water partition coefficient (Wildman–Crippen LogP) is 4.86. The van der Waals surface area contributed by atoms with Crippen LogP contribution in [0.15, 0.2) is 46.9 Å². The Bertz CT molecular complexity index is 598. The van der Waals surface area contributed by atoms with Gasteiger partial charge in [0.15, 0.2) is 0 Å². The minimum Gasteiger partial charge on any atom is -0.496 e. The van der Waals surface area contributed by atoms with E-state index in [-0.39, 0.29) is 6.04 Å². The largest absolute Gasteiger partial charge is 0.496 e. The summed E-state index contributed by atoms with van der Waals surface area (Å²) in [5.41, 5.74) is 3.69. The van der Waals surface area contributed by atoms with E-state index in [0.717, 1.165) is 28.8 Å². The van der Waals surface area contributed by atoms with E-state index in [1.165, 1.54) is 11.1 Å². The van der Waals surface area contributed by atoms with Crippen molar-refractivity contribution in [1.82, 2.24) is 5.32 Å². The number of nitrogens with one attached hydrogen (secondary N) is 1. The van der Waals surface area contributed by atoms with Gasteiger partial charge >= 0.3 is 0 Å². The third-order valence-corrected chi connectivity index (χ3v) is 4.03. The molecule has 0 bridgehead atoms. The van der Waals surface area contributed by atoms with Crippen LogP contribution in [0.25, 0.3) is 0 Å². The number of hydrogen-bond donors (Lipinski definition) is 1. The summed E-state index contributed by atoms with van der Waals surface area (Å²) in [5, 5.41) is 3.63. The molecule has 21 heavy (non-hydrogen) atoms. The molecule has 0 saturated heterocycles. The van der Waals surface area contributed by atoms with Gasteiger partial charge in [0.1, 0.15) is 5.75 Å². The quantitative estimate of drug-likeness (QED) is 0.805. The fraction of sp³-hybridized carbons (Fsp3) is 0.333. The van der Waals surface area contributed by atoms with Crippen LogP contribution in [0.4, 0.5) is 0 Å². The van der Waals surface area contributed by atoms with Crippen molar-refractivity contribution in [2.45, 2.75) is 26.3 Å². The number of halogens is 1. The molecular formula is C18H22BrNO. The Morgan fingerprint density at radius 3 is 2.52 bits per heavy atom. The van der Waals surface area contributed by atoms with Crippen LogP contribution in [0.3, 0.4) is 0 Å². The Kier molecular flexibility index (Phi) is 5.83. The van der Waals surface area contributed by atoms with Gasteiger partial charge in [-0.2, -0.15) is 0 Å². The molecule has 0 aliphatic carbocycles. The van der Waals surface area contributed by atoms with Crippen LogP contribution in [0.5, 0.6) is 5.75 Å². The Morgan fingerprint density at radius 2 is 1.90 bits per heavy atom. The molecule has 2 aromatic carbocycles. The summed E-state index contributed by atoms with van der Waals surface area (Å²) in [4.78, 5) is 0. The molecule has 0 amide bonds. The standard InChI is InChI=1S/C18H22BrNO/c1-4-10-20-18(14-6-5-7-16(19)12-14)15-8-9-17(21-3)13(2)11-15/h5-9,11-12,18,20H,4,10H2,1-3H3. The Balaban J connectivity index is 2.37. The van der Waals surface area contributed by atoms with Gasteiger partial charge in [-0.15, -0.1) is 0 Å². The summed E-state index contributed by atoms with van der Waals surface area (Å²) in [6.07, 6.45) is 1.11. The molecule has 0 spiro atoms. The predicted molar refractivity (Wildman–Crippen MR) is 92.0 cm³/mol. The van der Waals surface area contributed by atoms with Crippen LogP contribution in [0, 0.1) is 6.92 Å². The SMILES string of the molecule is CCCNC(c1cccc(Br)c1)c1ccc(OC)c(C)c1. The molecule has 0 aromatic heterocycles. The van der Waals surface area contributed by atoms with Crippen molar-refractivity contribution in [3.8, 4) is 5.75 Å². The Labute approximate surface area is 135 Å². The summed E-state index contributed by atoms with van der Waals surface area (Å²) < 4.78 is 6.46. The fourth-order valence-corrected chi connectivity index (χ4v) is 2.90. The maximum absolute atomic E-state index is 5.36. The summed E-state index contributed by atoms with van der Waals surface area (Å²) in [7, 11) is 1.71. The van der Waals surface area contributed by atoms with Gasteiger partial charge in [-0.3, -0.25) is 0 Å². The van der Waals surface area contributed by atoms with Crippen molar-refractivity contribution >= 4 is 15.9 Å². The van der Waals surface area contributed by atoms with Gasteiger partial charge in [0, 0.05) is 4.47 Å². The lowest BCUT2D eigenvalue weighted by molar-refractivity contribution is 0.411. The molecule has 112 valence electrons. The Hall–Kier alpha value is -1.32. The Morgan fingerprint density at radius 1 is 1.14 bits per heavy atom. The molecule has 0 aliphatic heterocycles. The second-order valence-electron chi connectivity index (χ2n) is 5.17. The van der Waals surface area contributed by atoms with E-state index >= 15 is 0 Å². The average molecular weight is 348 g/mol. The van der Waals surface area contributed by atoms with Crippen molar-refractivity contribution in [3.63, 3.8) is 0 Å². The zero-order valence-electron chi connectivity index (χ0n) is 12.8. The number of benzene rings is 2. The second kappa shape index (κ2) is 7.62. The zero-order valence-corrected chi connectivity index (χ0v) is 14.4. The summed E-state index contributed by atoms with van der Waals surface area (Å²) in [6.45, 7) is 5.26. The smallest absolute Gasteiger partial charge is 0.121 e. The highest BCUT2D eigenvalue weighted by atomic mass is 79.9. The molecule has 1 atom stereocenters. The third kappa shape index (κ3) is 4.08. The van der Waals surface area contributed by atoms with E-state index in [2.05, 4.69) is 71.5 Å². The van der Waals surface area contributed by atoms with Crippen LogP contribution >= 0.6 is 15.9 Å². The van der Waals surface area contributed by atoms with Crippen LogP contribution < -0.4 is 10.1 Å². The number of ether oxygens (including phenoxy) is 1. The minimum absolute atomic E-state index is 0.201. The third-order valence-electron chi connectivity index (χ3n) is 3.53. The monoisotopic (exact) mass is 347 g/mol. The number of rotatable bonds is 6. The normalized spacial score (nSPS) is 12.2. The van der Waals surface area contributed by atoms with E-state index in [0.29, 0.717) is 0 Å². The van der Waals surface area contributed by atoms with Crippen LogP contribution in [-0.4, -0.2) is 13.7 Å². The molecule has 0 heterocycles. The summed E-state index contributed by atoms with van der Waals surface area (Å²) in [6, 6.07) is 15.1. The van der Waals surface area contributed by atoms with Crippen molar-refractivity contribution in [2.24, 2.45) is 0 Å². The van der Waals surface area contributed by atoms with Crippen molar-refractivity contribution in [1.29, 1.82) is 0 Å². The molecule has 2 rings (SSSR count). The first kappa shape index (κ1) is 16.1. The first-order chi connectivity index (χ1) is 10.2. The topological polar surface area (TPSA) is 21.3 Å². The first-order valence-corrected chi connectivity index (χ1v) is 8.08. The fourth-order valence-electron chi connectivity index (χ4n) is 2.48. The molecule has 0 saturated carbocycles. The highest BCUT2D eigenvalue weighted by molar-refractivity contribution is 9.10. The van der Waals surface area contributed by atoms with Crippen LogP contribution in [0.1, 0.15) is 36.1 Å². The van der Waals surface area contributed by atoms with Crippen molar-refractivity contribution < 1.29 is 4.74 Å². The number of hydrogen-bond acceptors (Lipinski definition) is 2. The molecule has 2 aromatic rings. The summed E-state index contributed by atoms with van der Waals surface area (Å²) >= 11 is 3.56. The lowest BCUT2D eigenvalue weighted by Gasteiger charge is -2.21. The van der Waals surface area contributed by atoms with Gasteiger partial charge < -0.3 is 10.1 Å². The average Bonchev–Trinajstić information content (AvgIpc) is 2.48. The van der Waals surface area contributed by atoms with E-state index < -0.39 is 0 Å². The van der Waals surface area contributed by atoms with Gasteiger partial charge in [0.2, 0.25) is 0 Å². The molecule has 1 unspecified atom stereocenters. The maximum atomic E-state index is 5.36. The number of aryl methyl sites for hydroxylation is 1. The molecule has 0 radical (unpaired) electrons. The minimum atomic E-state index is 0.201. The summed E-state index contributed by atoms with van der Waals surface area (Å²) in [5.74, 6) is 0.933. The highest BCUT2D eigenvalue weighted by Gasteiger charge is 2.14. The molecule has 0 fully saturated rings. The van der Waals surface area contributed by atoms with E-state index in [9.17, 15) is 0 Å². The van der Waals surface area contributed by atoms with Crippen molar-refractivity contribution in [2.75, 3.05) is 13.7 Å². The van der Waals surface area contributed by atoms with Gasteiger partial charge in [0.05, 0.1) is 13.2 Å². The second-order valence-corrected chi connectivity index (χ2v) is 6.09. The van der Waals surface area contributed by atoms with Crippen LogP contribution in [0.2, 0.25) is 0 Å². The van der Waals surface area contributed by atoms with Crippen molar-refractivity contribution in [3.05, 3.63) is 63.6 Å². The van der Waals surface area contributed by atoms with Gasteiger partial charge in [-0.25, -0.2) is 0 Å². The van der Waals surface area contributed by atoms with E-state index in [1.54, 1.807) is 7.11 Å².